The van der Waals surface area contributed by atoms with Gasteiger partial charge in [-0.3, -0.25) is 28.3 Å². The molecular weight excluding hydrogens is 1070 g/mol. The number of nitrogens with zero attached hydrogens (tertiary/aromatic N) is 2. The molecule has 0 rings (SSSR count). The number of ether oxygens (including phenoxy) is 4. The summed E-state index contributed by atoms with van der Waals surface area (Å²) in [6.45, 7) is 4.11. The average Bonchev–Trinajstić information content (AvgIpc) is 3.34. The zero-order valence-corrected chi connectivity index (χ0v) is 52.5. The van der Waals surface area contributed by atoms with Crippen LogP contribution in [-0.4, -0.2) is 171 Å². The number of rotatable bonds is 48. The van der Waals surface area contributed by atoms with Crippen LogP contribution in [0, 0.1) is 0 Å². The summed E-state index contributed by atoms with van der Waals surface area (Å²) < 4.78 is 56.9. The first-order chi connectivity index (χ1) is 34.8. The van der Waals surface area contributed by atoms with E-state index >= 15 is 0 Å². The minimum absolute atomic E-state index is 0.0388. The van der Waals surface area contributed by atoms with Crippen LogP contribution < -0.4 is 0 Å². The highest BCUT2D eigenvalue weighted by molar-refractivity contribution is 7.82. The Labute approximate surface area is 471 Å². The molecule has 0 saturated heterocycles. The largest absolute Gasteiger partial charge is 0.461 e. The maximum Gasteiger partial charge on any atom is 0.333 e. The number of thiol groups is 4. The van der Waals surface area contributed by atoms with Crippen LogP contribution in [0.25, 0.3) is 0 Å². The van der Waals surface area contributed by atoms with Gasteiger partial charge >= 0.3 is 39.1 Å². The van der Waals surface area contributed by atoms with E-state index in [0.29, 0.717) is 34.9 Å². The number of quaternary nitrogens is 2. The molecule has 0 aromatic rings. The number of carbonyl (C=O) groups is 4. The molecule has 0 heterocycles. The summed E-state index contributed by atoms with van der Waals surface area (Å²) in [6, 6.07) is 0. The van der Waals surface area contributed by atoms with Gasteiger partial charge in [0.1, 0.15) is 13.2 Å². The van der Waals surface area contributed by atoms with Crippen LogP contribution in [0.4, 0.5) is 0 Å². The van der Waals surface area contributed by atoms with Gasteiger partial charge in [0.15, 0.2) is 12.2 Å². The highest BCUT2D eigenvalue weighted by Gasteiger charge is 2.30. The third-order valence-electron chi connectivity index (χ3n) is 11.9. The standard InChI is InChI=1S/C40H80NO7PS2.C12H24NO7PS2/c1-6-8-10-12-14-16-18-20-22-24-26-28-30-37(50)39(42)46-34-36(35-47-49(44,45)33-32-41(3,4)5)48-40(43)38(51)31-29-27-25-23-21-19-17-15-13-11-9-7-2;1-13(2,3)4-5-21(16,17)19-7-10(20-12(15)9-23)6-18-11(14)8-22/h36-38H,6-35H2,1-5H3,(H2-,44,45,50,51);10H,4-9H2,1-3H3,(H2-,16,17,22,23)/p+2. The second-order valence-corrected chi connectivity index (χ2v) is 27.4. The van der Waals surface area contributed by atoms with Gasteiger partial charge in [-0.15, -0.1) is 0 Å². The second-order valence-electron chi connectivity index (χ2n) is 21.5. The Kier molecular flexibility index (Phi) is 47.3. The van der Waals surface area contributed by atoms with Crippen molar-refractivity contribution >= 4 is 89.6 Å². The Morgan fingerprint density at radius 1 is 0.446 bits per heavy atom. The molecule has 0 aliphatic rings. The fourth-order valence-corrected chi connectivity index (χ4v) is 10.6. The van der Waals surface area contributed by atoms with Gasteiger partial charge in [0.2, 0.25) is 0 Å². The molecule has 0 aliphatic heterocycles. The first kappa shape index (κ1) is 75.6. The second kappa shape index (κ2) is 46.3. The highest BCUT2D eigenvalue weighted by atomic mass is 32.1. The molecule has 0 aromatic carbocycles. The third-order valence-corrected chi connectivity index (χ3v) is 16.0. The van der Waals surface area contributed by atoms with Crippen molar-refractivity contribution in [2.24, 2.45) is 0 Å². The van der Waals surface area contributed by atoms with Crippen LogP contribution in [0.15, 0.2) is 0 Å². The summed E-state index contributed by atoms with van der Waals surface area (Å²) in [5, 5.41) is -1.21. The predicted molar refractivity (Wildman–Crippen MR) is 313 cm³/mol. The van der Waals surface area contributed by atoms with E-state index in [2.05, 4.69) is 64.4 Å². The van der Waals surface area contributed by atoms with Crippen molar-refractivity contribution in [2.75, 3.05) is 106 Å². The minimum Gasteiger partial charge on any atom is -0.461 e. The van der Waals surface area contributed by atoms with Crippen molar-refractivity contribution in [1.29, 1.82) is 0 Å². The van der Waals surface area contributed by atoms with Crippen LogP contribution in [0.2, 0.25) is 0 Å². The fraction of sp³-hybridized carbons (Fsp3) is 0.923. The summed E-state index contributed by atoms with van der Waals surface area (Å²) >= 11 is 16.5. The molecule has 0 spiro atoms. The number of carbonyl (C=O) groups excluding carboxylic acids is 4. The Morgan fingerprint density at radius 2 is 0.757 bits per heavy atom. The van der Waals surface area contributed by atoms with E-state index in [1.807, 2.05) is 42.3 Å². The van der Waals surface area contributed by atoms with Crippen molar-refractivity contribution in [3.63, 3.8) is 0 Å². The van der Waals surface area contributed by atoms with Crippen molar-refractivity contribution < 1.29 is 75.1 Å². The predicted octanol–water partition coefficient (Wildman–Crippen LogP) is 11.3. The van der Waals surface area contributed by atoms with Crippen molar-refractivity contribution in [1.82, 2.24) is 0 Å². The van der Waals surface area contributed by atoms with Gasteiger partial charge in [0.25, 0.3) is 0 Å². The summed E-state index contributed by atoms with van der Waals surface area (Å²) in [7, 11) is 3.67. The summed E-state index contributed by atoms with van der Waals surface area (Å²) in [6.07, 6.45) is 28.9. The van der Waals surface area contributed by atoms with E-state index in [0.717, 1.165) is 38.5 Å². The molecule has 2 N–H and O–H groups in total. The van der Waals surface area contributed by atoms with Crippen LogP contribution in [-0.2, 0) is 56.3 Å². The molecule has 0 saturated carbocycles. The van der Waals surface area contributed by atoms with Crippen LogP contribution in [0.3, 0.4) is 0 Å². The van der Waals surface area contributed by atoms with E-state index < -0.39 is 61.8 Å². The maximum atomic E-state index is 12.9. The molecule has 6 atom stereocenters. The Balaban J connectivity index is 0. The smallest absolute Gasteiger partial charge is 0.333 e. The number of unbranched alkanes of at least 4 members (excludes halogenated alkanes) is 22. The molecule has 16 nitrogen and oxygen atoms in total. The first-order valence-electron chi connectivity index (χ1n) is 27.6. The van der Waals surface area contributed by atoms with Crippen LogP contribution >= 0.6 is 65.7 Å². The molecule has 0 amide bonds. The van der Waals surface area contributed by atoms with Gasteiger partial charge in [0, 0.05) is 0 Å². The SMILES string of the molecule is CCCCCCCCCCCCCCC(S)C(=O)OCC(COP(=O)(O)CC[N+](C)(C)C)OC(=O)C(S)CCCCCCCCCCCCCC.C[N+](C)(C)CCP(=O)(O)OCC(COC(=O)CS)OC(=O)CS. The van der Waals surface area contributed by atoms with Gasteiger partial charge < -0.3 is 46.7 Å². The van der Waals surface area contributed by atoms with Crippen molar-refractivity contribution in [2.45, 2.75) is 203 Å². The third kappa shape index (κ3) is 51.0. The molecule has 0 radical (unpaired) electrons. The van der Waals surface area contributed by atoms with E-state index in [-0.39, 0.29) is 50.3 Å². The molecule has 6 unspecified atom stereocenters. The van der Waals surface area contributed by atoms with E-state index in [4.69, 9.17) is 28.0 Å². The quantitative estimate of drug-likeness (QED) is 0.00840. The number of hydrogen-bond acceptors (Lipinski definition) is 16. The van der Waals surface area contributed by atoms with E-state index in [1.165, 1.54) is 116 Å². The normalized spacial score (nSPS) is 15.1. The zero-order valence-electron chi connectivity index (χ0n) is 47.1. The molecule has 74 heavy (non-hydrogen) atoms. The van der Waals surface area contributed by atoms with E-state index in [9.17, 15) is 38.1 Å². The first-order valence-corrected chi connectivity index (χ1v) is 33.5. The lowest BCUT2D eigenvalue weighted by molar-refractivity contribution is -0.867. The molecular formula is C52H106N2O14P2S4+2. The molecule has 0 bridgehead atoms. The molecule has 22 heteroatoms. The number of esters is 4. The average molecular weight is 1170 g/mol. The molecule has 0 aromatic heterocycles. The van der Waals surface area contributed by atoms with Crippen molar-refractivity contribution in [3.8, 4) is 0 Å². The highest BCUT2D eigenvalue weighted by Crippen LogP contribution is 2.43. The lowest BCUT2D eigenvalue weighted by atomic mass is 10.0. The summed E-state index contributed by atoms with van der Waals surface area (Å²) in [5.41, 5.74) is 0. The Morgan fingerprint density at radius 3 is 1.09 bits per heavy atom. The minimum atomic E-state index is -3.94. The Bertz CT molecular complexity index is 1540. The molecule has 440 valence electrons. The monoisotopic (exact) mass is 1170 g/mol. The zero-order chi connectivity index (χ0) is 56.3. The number of hydrogen-bond donors (Lipinski definition) is 6. The van der Waals surface area contributed by atoms with Gasteiger partial charge in [0.05, 0.1) is 103 Å². The van der Waals surface area contributed by atoms with Gasteiger partial charge in [-0.25, -0.2) is 0 Å². The summed E-state index contributed by atoms with van der Waals surface area (Å²) in [4.78, 5) is 68.2. The van der Waals surface area contributed by atoms with Crippen molar-refractivity contribution in [3.05, 3.63) is 0 Å². The summed E-state index contributed by atoms with van der Waals surface area (Å²) in [5.74, 6) is -2.58. The van der Waals surface area contributed by atoms with Gasteiger partial charge in [-0.1, -0.05) is 168 Å². The lowest BCUT2D eigenvalue weighted by Gasteiger charge is -2.26. The fourth-order valence-electron chi connectivity index (χ4n) is 7.18. The van der Waals surface area contributed by atoms with Gasteiger partial charge in [-0.2, -0.15) is 50.5 Å². The van der Waals surface area contributed by atoms with Gasteiger partial charge in [-0.05, 0) is 12.8 Å². The molecule has 0 aliphatic carbocycles. The molecule has 0 fully saturated rings. The maximum absolute atomic E-state index is 12.9. The van der Waals surface area contributed by atoms with Crippen LogP contribution in [0.1, 0.15) is 181 Å². The Hall–Kier alpha value is -0.500. The topological polar surface area (TPSA) is 198 Å². The van der Waals surface area contributed by atoms with E-state index in [1.54, 1.807) is 0 Å². The van der Waals surface area contributed by atoms with Crippen LogP contribution in [0.5, 0.6) is 0 Å². The lowest BCUT2D eigenvalue weighted by Crippen LogP contribution is -2.37.